The Kier molecular flexibility index (Phi) is 4.43. The molecule has 0 spiro atoms. The van der Waals surface area contributed by atoms with E-state index in [-0.39, 0.29) is 22.0 Å². The highest BCUT2D eigenvalue weighted by atomic mass is 79.9. The van der Waals surface area contributed by atoms with Gasteiger partial charge in [0.2, 0.25) is 0 Å². The fraction of sp³-hybridized carbons (Fsp3) is 0.111. The van der Waals surface area contributed by atoms with Crippen molar-refractivity contribution in [3.63, 3.8) is 0 Å². The molecule has 0 aromatic carbocycles. The quantitative estimate of drug-likeness (QED) is 0.823. The van der Waals surface area contributed by atoms with E-state index in [0.717, 1.165) is 16.1 Å². The van der Waals surface area contributed by atoms with E-state index < -0.39 is 0 Å². The Hall–Kier alpha value is -0.500. The van der Waals surface area contributed by atoms with E-state index in [2.05, 4.69) is 4.98 Å². The second-order valence-corrected chi connectivity index (χ2v) is 5.49. The minimum atomic E-state index is -0.0717. The molecule has 7 heteroatoms. The molecule has 0 bridgehead atoms. The zero-order valence-corrected chi connectivity index (χ0v) is 12.4. The SMILES string of the molecule is Br.Cc1sc(C(O)=S)cc1-c1csc(N)n1. The molecule has 3 N–H and O–H groups in total. The molecule has 0 aliphatic heterocycles. The number of thiocarbonyl (C=S) groups is 1. The lowest BCUT2D eigenvalue weighted by Gasteiger charge is -1.91. The first-order chi connectivity index (χ1) is 7.08. The molecule has 0 unspecified atom stereocenters. The van der Waals surface area contributed by atoms with Crippen LogP contribution in [0.1, 0.15) is 9.75 Å². The monoisotopic (exact) mass is 336 g/mol. The second-order valence-electron chi connectivity index (χ2n) is 2.96. The van der Waals surface area contributed by atoms with Gasteiger partial charge < -0.3 is 10.8 Å². The van der Waals surface area contributed by atoms with Crippen molar-refractivity contribution < 1.29 is 5.11 Å². The van der Waals surface area contributed by atoms with Crippen molar-refractivity contribution in [3.05, 3.63) is 21.2 Å². The van der Waals surface area contributed by atoms with Crippen LogP contribution < -0.4 is 5.73 Å². The van der Waals surface area contributed by atoms with Gasteiger partial charge in [-0.25, -0.2) is 4.98 Å². The Morgan fingerprint density at radius 2 is 2.25 bits per heavy atom. The van der Waals surface area contributed by atoms with Crippen LogP contribution in [0.15, 0.2) is 11.4 Å². The Bertz CT molecular complexity index is 521. The lowest BCUT2D eigenvalue weighted by molar-refractivity contribution is 0.572. The first-order valence-corrected chi connectivity index (χ1v) is 6.23. The van der Waals surface area contributed by atoms with Crippen molar-refractivity contribution in [1.29, 1.82) is 0 Å². The number of thiophene rings is 1. The maximum absolute atomic E-state index is 9.21. The molecule has 0 amide bonds. The van der Waals surface area contributed by atoms with Gasteiger partial charge in [-0.05, 0) is 25.2 Å². The summed E-state index contributed by atoms with van der Waals surface area (Å²) in [7, 11) is 0. The van der Waals surface area contributed by atoms with Crippen LogP contribution in [0, 0.1) is 6.92 Å². The van der Waals surface area contributed by atoms with Crippen molar-refractivity contribution >= 4 is 62.1 Å². The average molecular weight is 337 g/mol. The molecule has 2 aromatic heterocycles. The van der Waals surface area contributed by atoms with Gasteiger partial charge in [0.25, 0.3) is 0 Å². The van der Waals surface area contributed by atoms with Crippen LogP contribution >= 0.6 is 51.9 Å². The highest BCUT2D eigenvalue weighted by Crippen LogP contribution is 2.32. The number of hydrogen-bond donors (Lipinski definition) is 2. The standard InChI is InChI=1S/C9H8N2OS3.BrH/c1-4-5(2-7(15-4)8(12)13)6-3-14-9(10)11-6;/h2-3H,1H3,(H2,10,11)(H,12,13);1H. The van der Waals surface area contributed by atoms with Crippen LogP contribution in [-0.4, -0.2) is 15.1 Å². The Labute approximate surface area is 117 Å². The van der Waals surface area contributed by atoms with Gasteiger partial charge in [-0.2, -0.15) is 0 Å². The van der Waals surface area contributed by atoms with Gasteiger partial charge in [0.15, 0.2) is 10.2 Å². The number of rotatable bonds is 2. The molecule has 0 atom stereocenters. The fourth-order valence-corrected chi connectivity index (χ4v) is 2.87. The molecule has 3 nitrogen and oxygen atoms in total. The zero-order valence-electron chi connectivity index (χ0n) is 8.26. The summed E-state index contributed by atoms with van der Waals surface area (Å²) < 4.78 is 0. The van der Waals surface area contributed by atoms with Crippen molar-refractivity contribution in [2.75, 3.05) is 5.73 Å². The number of aryl methyl sites for hydroxylation is 1. The molecule has 0 fully saturated rings. The Morgan fingerprint density at radius 3 is 2.69 bits per heavy atom. The molecule has 2 heterocycles. The van der Waals surface area contributed by atoms with Crippen molar-refractivity contribution in [3.8, 4) is 11.3 Å². The summed E-state index contributed by atoms with van der Waals surface area (Å²) in [4.78, 5) is 5.97. The van der Waals surface area contributed by atoms with Crippen molar-refractivity contribution in [2.24, 2.45) is 0 Å². The maximum atomic E-state index is 9.21. The highest BCUT2D eigenvalue weighted by Gasteiger charge is 2.12. The first-order valence-electron chi connectivity index (χ1n) is 4.13. The van der Waals surface area contributed by atoms with E-state index in [1.54, 1.807) is 0 Å². The largest absolute Gasteiger partial charge is 0.498 e. The third kappa shape index (κ3) is 2.60. The van der Waals surface area contributed by atoms with Gasteiger partial charge in [0.1, 0.15) is 0 Å². The minimum Gasteiger partial charge on any atom is -0.498 e. The molecule has 2 rings (SSSR count). The van der Waals surface area contributed by atoms with E-state index in [1.807, 2.05) is 18.4 Å². The minimum absolute atomic E-state index is 0. The number of anilines is 1. The summed E-state index contributed by atoms with van der Waals surface area (Å²) >= 11 is 7.57. The Morgan fingerprint density at radius 1 is 1.56 bits per heavy atom. The third-order valence-corrected chi connectivity index (χ3v) is 4.01. The molecule has 0 saturated heterocycles. The number of halogens is 1. The molecule has 0 aliphatic rings. The zero-order chi connectivity index (χ0) is 11.0. The number of nitrogens with two attached hydrogens (primary N) is 1. The summed E-state index contributed by atoms with van der Waals surface area (Å²) in [6, 6.07) is 1.84. The summed E-state index contributed by atoms with van der Waals surface area (Å²) in [5.74, 6) is 0. The molecular formula is C9H9BrN2OS3. The lowest BCUT2D eigenvalue weighted by Crippen LogP contribution is -1.87. The van der Waals surface area contributed by atoms with Gasteiger partial charge in [-0.1, -0.05) is 0 Å². The summed E-state index contributed by atoms with van der Waals surface area (Å²) in [6.07, 6.45) is 0. The van der Waals surface area contributed by atoms with Gasteiger partial charge in [-0.3, -0.25) is 0 Å². The number of aromatic nitrogens is 1. The summed E-state index contributed by atoms with van der Waals surface area (Å²) in [5.41, 5.74) is 7.40. The summed E-state index contributed by atoms with van der Waals surface area (Å²) in [6.45, 7) is 1.97. The molecule has 0 saturated carbocycles. The molecule has 86 valence electrons. The van der Waals surface area contributed by atoms with E-state index >= 15 is 0 Å². The van der Waals surface area contributed by atoms with Crippen LogP contribution in [0.25, 0.3) is 11.3 Å². The van der Waals surface area contributed by atoms with E-state index in [4.69, 9.17) is 18.0 Å². The van der Waals surface area contributed by atoms with Crippen molar-refractivity contribution in [2.45, 2.75) is 6.92 Å². The van der Waals surface area contributed by atoms with Crippen LogP contribution in [0.3, 0.4) is 0 Å². The number of hydrogen-bond acceptors (Lipinski definition) is 5. The van der Waals surface area contributed by atoms with Crippen LogP contribution in [-0.2, 0) is 0 Å². The van der Waals surface area contributed by atoms with Gasteiger partial charge in [0, 0.05) is 15.8 Å². The molecular weight excluding hydrogens is 328 g/mol. The van der Waals surface area contributed by atoms with Crippen LogP contribution in [0.2, 0.25) is 0 Å². The topological polar surface area (TPSA) is 59.1 Å². The normalized spacial score (nSPS) is 9.81. The van der Waals surface area contributed by atoms with E-state index in [0.29, 0.717) is 10.0 Å². The molecule has 0 aliphatic carbocycles. The highest BCUT2D eigenvalue weighted by molar-refractivity contribution is 8.93. The summed E-state index contributed by atoms with van der Waals surface area (Å²) in [5, 5.41) is 11.6. The number of nitrogen functional groups attached to an aromatic ring is 1. The van der Waals surface area contributed by atoms with Crippen LogP contribution in [0.5, 0.6) is 0 Å². The lowest BCUT2D eigenvalue weighted by atomic mass is 10.2. The average Bonchev–Trinajstić information content (AvgIpc) is 2.71. The fourth-order valence-electron chi connectivity index (χ4n) is 1.25. The smallest absolute Gasteiger partial charge is 0.198 e. The molecule has 0 radical (unpaired) electrons. The predicted molar refractivity (Wildman–Crippen MR) is 79.2 cm³/mol. The first kappa shape index (κ1) is 13.6. The van der Waals surface area contributed by atoms with Gasteiger partial charge in [-0.15, -0.1) is 39.7 Å². The molecule has 16 heavy (non-hydrogen) atoms. The van der Waals surface area contributed by atoms with Crippen molar-refractivity contribution in [1.82, 2.24) is 4.98 Å². The van der Waals surface area contributed by atoms with E-state index in [9.17, 15) is 5.11 Å². The molecule has 2 aromatic rings. The third-order valence-electron chi connectivity index (χ3n) is 1.93. The van der Waals surface area contributed by atoms with Gasteiger partial charge >= 0.3 is 0 Å². The van der Waals surface area contributed by atoms with E-state index in [1.165, 1.54) is 22.7 Å². The number of thiazole rings is 1. The second kappa shape index (κ2) is 5.22. The Balaban J connectivity index is 0.00000128. The number of aliphatic hydroxyl groups is 1. The predicted octanol–water partition coefficient (Wildman–Crippen LogP) is 3.57. The van der Waals surface area contributed by atoms with Gasteiger partial charge in [0.05, 0.1) is 10.6 Å². The maximum Gasteiger partial charge on any atom is 0.198 e. The number of aliphatic hydroxyl groups excluding tert-OH is 1. The number of nitrogens with zero attached hydrogens (tertiary/aromatic N) is 1. The van der Waals surface area contributed by atoms with Crippen LogP contribution in [0.4, 0.5) is 5.13 Å².